The van der Waals surface area contributed by atoms with Gasteiger partial charge in [-0.1, -0.05) is 64.9 Å². The van der Waals surface area contributed by atoms with Gasteiger partial charge in [0.1, 0.15) is 25.0 Å². The van der Waals surface area contributed by atoms with E-state index in [0.29, 0.717) is 40.7 Å². The minimum atomic E-state index is -1.28. The Hall–Kier alpha value is -3.63. The second-order valence-corrected chi connectivity index (χ2v) is 30.1. The van der Waals surface area contributed by atoms with Crippen molar-refractivity contribution in [3.05, 3.63) is 46.4 Å². The normalized spacial score (nSPS) is 12.7. The molecule has 0 saturated heterocycles. The van der Waals surface area contributed by atoms with Crippen LogP contribution in [0, 0.1) is 4.77 Å². The molecule has 2 unspecified atom stereocenters. The zero-order chi connectivity index (χ0) is 48.0. The quantitative estimate of drug-likeness (QED) is 0.0281. The number of H-pyrrole nitrogens is 1. The summed E-state index contributed by atoms with van der Waals surface area (Å²) in [4.78, 5) is 79.6. The van der Waals surface area contributed by atoms with E-state index >= 15 is 0 Å². The Balaban J connectivity index is 0.000000369. The average Bonchev–Trinajstić information content (AvgIpc) is 3.77. The minimum absolute atomic E-state index is 0.0286. The van der Waals surface area contributed by atoms with Crippen molar-refractivity contribution in [2.45, 2.75) is 109 Å². The molecule has 0 saturated carbocycles. The number of imidazole rings is 2. The van der Waals surface area contributed by atoms with Crippen molar-refractivity contribution in [1.82, 2.24) is 48.0 Å². The number of alkyl halides is 1. The van der Waals surface area contributed by atoms with Crippen LogP contribution >= 0.6 is 35.6 Å². The molecule has 63 heavy (non-hydrogen) atoms. The molecule has 0 bridgehead atoms. The maximum atomic E-state index is 12.8. The molecule has 0 aliphatic carbocycles. The molecule has 0 radical (unpaired) electrons. The molecule has 25 heteroatoms. The lowest BCUT2D eigenvalue weighted by Crippen LogP contribution is -2.38. The fraction of sp³-hybridized carbons (Fsp3) is 0.684. The van der Waals surface area contributed by atoms with Gasteiger partial charge in [0.25, 0.3) is 11.1 Å². The highest BCUT2D eigenvalue weighted by Gasteiger charge is 2.22. The number of carbonyl (C=O) groups excluding carboxylic acids is 2. The van der Waals surface area contributed by atoms with Crippen LogP contribution in [0.4, 0.5) is 0 Å². The summed E-state index contributed by atoms with van der Waals surface area (Å²) in [5.74, 6) is -0.465. The van der Waals surface area contributed by atoms with Gasteiger partial charge < -0.3 is 35.3 Å². The van der Waals surface area contributed by atoms with Crippen molar-refractivity contribution < 1.29 is 29.3 Å². The lowest BCUT2D eigenvalue weighted by molar-refractivity contribution is -0.120. The number of amides is 2. The number of carbonyl (C=O) groups is 2. The van der Waals surface area contributed by atoms with Crippen molar-refractivity contribution in [1.29, 1.82) is 0 Å². The number of rotatable bonds is 20. The molecule has 2 atom stereocenters. The number of thioether (sulfide) groups is 1. The van der Waals surface area contributed by atoms with Crippen LogP contribution in [0.15, 0.2) is 24.3 Å². The fourth-order valence-corrected chi connectivity index (χ4v) is 8.18. The smallest absolute Gasteiger partial charge is 0.332 e. The summed E-state index contributed by atoms with van der Waals surface area (Å²) >= 11 is 11.6. The number of aromatic amines is 1. The van der Waals surface area contributed by atoms with Crippen molar-refractivity contribution in [2.75, 3.05) is 38.1 Å². The summed E-state index contributed by atoms with van der Waals surface area (Å²) in [5.41, 5.74) is -0.380. The van der Waals surface area contributed by atoms with Crippen molar-refractivity contribution in [3.63, 3.8) is 0 Å². The van der Waals surface area contributed by atoms with E-state index in [0.717, 1.165) is 39.4 Å². The maximum absolute atomic E-state index is 12.8. The number of nitrogens with zero attached hydrogens (tertiary/aromatic N) is 7. The SMILES string of the molecule is CCC(CO)NC(=O)CCl.CCC(CO)NC(=O)CSc1nc2c(c(=O)n(C)c(=O)n2C)n1COCC[Si](C)(C)C.Cn1c(=O)c2c([nH]c(=S)n2COCC[Si](C)(C)C)n(C)c1=O. The first-order valence-corrected chi connectivity index (χ1v) is 29.9. The average molecular weight is 980 g/mol. The molecule has 5 N–H and O–H groups in total. The highest BCUT2D eigenvalue weighted by molar-refractivity contribution is 7.99. The van der Waals surface area contributed by atoms with Gasteiger partial charge in [0, 0.05) is 57.6 Å². The number of aliphatic hydroxyl groups is 2. The second kappa shape index (κ2) is 25.2. The number of aryl methyl sites for hydroxylation is 2. The summed E-state index contributed by atoms with van der Waals surface area (Å²) in [7, 11) is 3.60. The number of fused-ring (bicyclic) bond motifs is 2. The first-order chi connectivity index (χ1) is 29.4. The van der Waals surface area contributed by atoms with Crippen molar-refractivity contribution in [2.24, 2.45) is 28.2 Å². The van der Waals surface area contributed by atoms with Crippen LogP contribution in [0.2, 0.25) is 51.4 Å². The van der Waals surface area contributed by atoms with Crippen LogP contribution in [-0.2, 0) is 60.7 Å². The number of aliphatic hydroxyl groups excluding tert-OH is 2. The summed E-state index contributed by atoms with van der Waals surface area (Å²) < 4.78 is 20.0. The monoisotopic (exact) mass is 978 g/mol. The molecule has 0 aromatic carbocycles. The molecule has 0 spiro atoms. The molecule has 4 heterocycles. The molecule has 0 aliphatic heterocycles. The lowest BCUT2D eigenvalue weighted by Gasteiger charge is -2.16. The third kappa shape index (κ3) is 16.1. The number of nitrogens with one attached hydrogen (secondary N) is 3. The predicted octanol–water partition coefficient (Wildman–Crippen LogP) is 2.25. The van der Waals surface area contributed by atoms with Gasteiger partial charge in [-0.25, -0.2) is 14.6 Å². The van der Waals surface area contributed by atoms with E-state index in [1.807, 2.05) is 13.8 Å². The molecule has 0 aliphatic rings. The van der Waals surface area contributed by atoms with Crippen molar-refractivity contribution >= 4 is 85.9 Å². The second-order valence-electron chi connectivity index (χ2n) is 17.3. The molecule has 20 nitrogen and oxygen atoms in total. The van der Waals surface area contributed by atoms with E-state index in [2.05, 4.69) is 59.9 Å². The van der Waals surface area contributed by atoms with Crippen molar-refractivity contribution in [3.8, 4) is 0 Å². The van der Waals surface area contributed by atoms with Crippen LogP contribution in [0.5, 0.6) is 0 Å². The van der Waals surface area contributed by atoms with E-state index in [4.69, 9.17) is 38.4 Å². The van der Waals surface area contributed by atoms with Gasteiger partial charge in [0.2, 0.25) is 11.8 Å². The van der Waals surface area contributed by atoms with E-state index < -0.39 is 27.4 Å². The zero-order valence-electron chi connectivity index (χ0n) is 38.6. The number of hydrogen-bond donors (Lipinski definition) is 5. The van der Waals surface area contributed by atoms with Gasteiger partial charge in [-0.15, -0.1) is 11.6 Å². The summed E-state index contributed by atoms with van der Waals surface area (Å²) in [5, 5.41) is 23.6. The lowest BCUT2D eigenvalue weighted by atomic mass is 10.2. The van der Waals surface area contributed by atoms with Gasteiger partial charge in [-0.2, -0.15) is 0 Å². The minimum Gasteiger partial charge on any atom is -0.394 e. The van der Waals surface area contributed by atoms with Gasteiger partial charge in [-0.3, -0.25) is 46.6 Å². The van der Waals surface area contributed by atoms with Crippen LogP contribution in [0.25, 0.3) is 22.3 Å². The summed E-state index contributed by atoms with van der Waals surface area (Å²) in [6.07, 6.45) is 1.34. The van der Waals surface area contributed by atoms with Gasteiger partial charge >= 0.3 is 11.4 Å². The molecule has 4 aromatic heterocycles. The first-order valence-electron chi connectivity index (χ1n) is 20.6. The third-order valence-corrected chi connectivity index (χ3v) is 14.7. The predicted molar refractivity (Wildman–Crippen MR) is 256 cm³/mol. The fourth-order valence-electron chi connectivity index (χ4n) is 5.55. The Kier molecular flexibility index (Phi) is 22.2. The highest BCUT2D eigenvalue weighted by atomic mass is 35.5. The van der Waals surface area contributed by atoms with E-state index in [1.165, 1.54) is 23.2 Å². The molecule has 2 amide bonds. The van der Waals surface area contributed by atoms with E-state index in [9.17, 15) is 33.9 Å². The van der Waals surface area contributed by atoms with Crippen LogP contribution < -0.4 is 33.1 Å². The highest BCUT2D eigenvalue weighted by Crippen LogP contribution is 2.22. The molecular formula is C38H67ClN10O10S2Si2. The summed E-state index contributed by atoms with van der Waals surface area (Å²) in [6, 6.07) is 1.57. The van der Waals surface area contributed by atoms with Crippen LogP contribution in [0.1, 0.15) is 26.7 Å². The van der Waals surface area contributed by atoms with Gasteiger partial charge in [-0.05, 0) is 37.1 Å². The molecule has 4 rings (SSSR count). The molecule has 356 valence electrons. The largest absolute Gasteiger partial charge is 0.394 e. The Labute approximate surface area is 383 Å². The van der Waals surface area contributed by atoms with E-state index in [-0.39, 0.29) is 84.6 Å². The maximum Gasteiger partial charge on any atom is 0.332 e. The Morgan fingerprint density at radius 1 is 0.762 bits per heavy atom. The van der Waals surface area contributed by atoms with Crippen LogP contribution in [0.3, 0.4) is 0 Å². The number of aromatic nitrogens is 8. The molecular weight excluding hydrogens is 912 g/mol. The summed E-state index contributed by atoms with van der Waals surface area (Å²) in [6.45, 7) is 18.7. The Morgan fingerprint density at radius 3 is 1.68 bits per heavy atom. The van der Waals surface area contributed by atoms with Crippen LogP contribution in [-0.4, -0.2) is 126 Å². The number of hydrogen-bond acceptors (Lipinski definition) is 13. The molecule has 0 fully saturated rings. The Morgan fingerprint density at radius 2 is 1.22 bits per heavy atom. The zero-order valence-corrected chi connectivity index (χ0v) is 43.0. The standard InChI is InChI=1S/C19H33N5O5SSi.C13H22N4O3SSi.C6H12ClNO2/c1-7-13(10-25)20-14(26)11-30-18-21-16-15(17(27)23(3)19(28)22(16)2)24(18)12-29-8-9-31(4,5)6;1-15-10-9(11(18)16(2)13(15)19)17(12(21)14-10)8-20-6-7-22(3,4)5;1-2-5(4-9)8-6(10)3-7/h13,25H,7-12H2,1-6H3,(H,20,26);6-8H2,1-5H3,(H,14,21);5,9H,2-4H2,1H3,(H,8,10). The van der Waals surface area contributed by atoms with Gasteiger partial charge in [0.15, 0.2) is 26.6 Å². The number of ether oxygens (including phenoxy) is 2. The van der Waals surface area contributed by atoms with E-state index in [1.54, 1.807) is 23.2 Å². The van der Waals surface area contributed by atoms with Gasteiger partial charge in [0.05, 0.1) is 31.1 Å². The Bertz CT molecular complexity index is 2460. The molecule has 4 aromatic rings. The first kappa shape index (κ1) is 55.5. The number of halogens is 1. The topological polar surface area (TPSA) is 244 Å². The third-order valence-electron chi connectivity index (χ3n) is 9.74.